The van der Waals surface area contributed by atoms with Crippen LogP contribution in [0.1, 0.15) is 28.7 Å². The van der Waals surface area contributed by atoms with Crippen LogP contribution in [0.15, 0.2) is 30.4 Å². The topological polar surface area (TPSA) is 107 Å². The third-order valence-corrected chi connectivity index (χ3v) is 4.54. The van der Waals surface area contributed by atoms with Crippen LogP contribution in [0.25, 0.3) is 6.08 Å². The number of fused-ring (bicyclic) bond motifs is 1. The molecule has 0 atom stereocenters. The predicted octanol–water partition coefficient (Wildman–Crippen LogP) is 4.27. The molecule has 0 saturated carbocycles. The van der Waals surface area contributed by atoms with Crippen molar-refractivity contribution in [2.45, 2.75) is 26.7 Å². The minimum absolute atomic E-state index is 0.447. The van der Waals surface area contributed by atoms with E-state index in [4.69, 9.17) is 15.3 Å². The van der Waals surface area contributed by atoms with Crippen LogP contribution < -0.4 is 15.4 Å². The molecule has 0 unspecified atom stereocenters. The van der Waals surface area contributed by atoms with Crippen molar-refractivity contribution in [3.63, 3.8) is 0 Å². The lowest BCUT2D eigenvalue weighted by Gasteiger charge is -2.15. The Hall–Kier alpha value is -3.84. The fourth-order valence-electron chi connectivity index (χ4n) is 3.16. The van der Waals surface area contributed by atoms with Gasteiger partial charge in [0.25, 0.3) is 0 Å². The Kier molecular flexibility index (Phi) is 6.11. The smallest absolute Gasteiger partial charge is 0.229 e. The number of anilines is 2. The fraction of sp³-hybridized carbons (Fsp3) is 0.273. The molecular weight excluding hydrogens is 364 g/mol. The van der Waals surface area contributed by atoms with Gasteiger partial charge in [-0.15, -0.1) is 0 Å². The van der Waals surface area contributed by atoms with Gasteiger partial charge in [-0.1, -0.05) is 6.58 Å². The van der Waals surface area contributed by atoms with Gasteiger partial charge in [0.15, 0.2) is 0 Å². The van der Waals surface area contributed by atoms with Gasteiger partial charge in [-0.25, -0.2) is 0 Å². The Morgan fingerprint density at radius 1 is 1.31 bits per heavy atom. The Balaban J connectivity index is 1.87. The number of nitriles is 2. The van der Waals surface area contributed by atoms with Crippen LogP contribution in [0.3, 0.4) is 0 Å². The zero-order chi connectivity index (χ0) is 20.8. The van der Waals surface area contributed by atoms with E-state index in [9.17, 15) is 0 Å². The normalized spacial score (nSPS) is 12.0. The summed E-state index contributed by atoms with van der Waals surface area (Å²) in [5.74, 6) is 2.48. The summed E-state index contributed by atoms with van der Waals surface area (Å²) in [6, 6.07) is 7.99. The van der Waals surface area contributed by atoms with E-state index >= 15 is 0 Å². The van der Waals surface area contributed by atoms with Crippen molar-refractivity contribution in [1.29, 1.82) is 10.5 Å². The lowest BCUT2D eigenvalue weighted by atomic mass is 10.1. The molecule has 0 radical (unpaired) electrons. The number of benzene rings is 1. The van der Waals surface area contributed by atoms with E-state index in [0.717, 1.165) is 46.8 Å². The fourth-order valence-corrected chi connectivity index (χ4v) is 3.16. The average Bonchev–Trinajstić information content (AvgIpc) is 3.17. The highest BCUT2D eigenvalue weighted by Gasteiger charge is 2.22. The van der Waals surface area contributed by atoms with Gasteiger partial charge in [0.1, 0.15) is 11.6 Å². The molecule has 0 amide bonds. The third kappa shape index (κ3) is 4.72. The van der Waals surface area contributed by atoms with Gasteiger partial charge in [-0.3, -0.25) is 0 Å². The molecule has 7 nitrogen and oxygen atoms in total. The van der Waals surface area contributed by atoms with E-state index in [1.54, 1.807) is 6.08 Å². The Bertz CT molecular complexity index is 1040. The second-order valence-electron chi connectivity index (χ2n) is 6.80. The summed E-state index contributed by atoms with van der Waals surface area (Å²) in [5, 5.41) is 23.9. The molecule has 29 heavy (non-hydrogen) atoms. The summed E-state index contributed by atoms with van der Waals surface area (Å²) in [5.41, 5.74) is 4.32. The molecule has 0 aliphatic carbocycles. The first-order valence-corrected chi connectivity index (χ1v) is 9.33. The van der Waals surface area contributed by atoms with E-state index in [1.165, 1.54) is 6.08 Å². The minimum Gasteiger partial charge on any atom is -0.438 e. The standard InChI is InChI=1S/C22H22N6O/c1-14(13-24)6-9-26-22-27-20-18(7-10-25-20)21(28-22)29-19-15(2)11-17(5-4-8-23)12-16(19)3/h4-5,11-12H,1,6-7,9-10H2,2-3H3,(H2,25,26,27,28)/b5-4+. The molecule has 3 rings (SSSR count). The second-order valence-corrected chi connectivity index (χ2v) is 6.80. The molecule has 7 heteroatoms. The molecule has 1 aliphatic rings. The lowest BCUT2D eigenvalue weighted by molar-refractivity contribution is 0.451. The van der Waals surface area contributed by atoms with Crippen LogP contribution in [-0.4, -0.2) is 23.1 Å². The van der Waals surface area contributed by atoms with Gasteiger partial charge in [-0.05, 0) is 61.6 Å². The number of hydrogen-bond acceptors (Lipinski definition) is 7. The summed E-state index contributed by atoms with van der Waals surface area (Å²) in [7, 11) is 0. The van der Waals surface area contributed by atoms with E-state index in [1.807, 2.05) is 38.1 Å². The molecule has 2 aromatic rings. The number of allylic oxidation sites excluding steroid dienone is 1. The predicted molar refractivity (Wildman–Crippen MR) is 113 cm³/mol. The van der Waals surface area contributed by atoms with Crippen molar-refractivity contribution in [2.24, 2.45) is 0 Å². The quantitative estimate of drug-likeness (QED) is 0.684. The maximum Gasteiger partial charge on any atom is 0.229 e. The monoisotopic (exact) mass is 386 g/mol. The molecule has 146 valence electrons. The summed E-state index contributed by atoms with van der Waals surface area (Å²) in [6.07, 6.45) is 4.54. The lowest BCUT2D eigenvalue weighted by Crippen LogP contribution is -2.08. The van der Waals surface area contributed by atoms with Crippen LogP contribution in [0.5, 0.6) is 11.6 Å². The largest absolute Gasteiger partial charge is 0.438 e. The summed E-state index contributed by atoms with van der Waals surface area (Å²) < 4.78 is 6.24. The highest BCUT2D eigenvalue weighted by molar-refractivity contribution is 5.60. The van der Waals surface area contributed by atoms with Crippen LogP contribution in [0.4, 0.5) is 11.8 Å². The van der Waals surface area contributed by atoms with E-state index < -0.39 is 0 Å². The number of aryl methyl sites for hydroxylation is 2. The van der Waals surface area contributed by atoms with Gasteiger partial charge in [-0.2, -0.15) is 20.5 Å². The second kappa shape index (κ2) is 8.90. The van der Waals surface area contributed by atoms with Crippen molar-refractivity contribution in [2.75, 3.05) is 23.7 Å². The van der Waals surface area contributed by atoms with Crippen molar-refractivity contribution in [3.05, 3.63) is 52.6 Å². The molecule has 0 fully saturated rings. The highest BCUT2D eigenvalue weighted by atomic mass is 16.5. The summed E-state index contributed by atoms with van der Waals surface area (Å²) in [6.45, 7) is 8.92. The van der Waals surface area contributed by atoms with E-state index in [0.29, 0.717) is 30.4 Å². The molecule has 0 saturated heterocycles. The van der Waals surface area contributed by atoms with Gasteiger partial charge < -0.3 is 15.4 Å². The maximum absolute atomic E-state index is 8.83. The number of ether oxygens (including phenoxy) is 1. The van der Waals surface area contributed by atoms with Gasteiger partial charge in [0, 0.05) is 24.7 Å². The van der Waals surface area contributed by atoms with E-state index in [-0.39, 0.29) is 0 Å². The van der Waals surface area contributed by atoms with Gasteiger partial charge in [0.05, 0.1) is 17.7 Å². The van der Waals surface area contributed by atoms with Crippen LogP contribution in [-0.2, 0) is 6.42 Å². The Morgan fingerprint density at radius 2 is 2.07 bits per heavy atom. The molecule has 2 N–H and O–H groups in total. The maximum atomic E-state index is 8.83. The molecule has 0 spiro atoms. The SMILES string of the molecule is C=C(C#N)CCNc1nc2c(c(Oc3c(C)cc(/C=C/C#N)cc3C)n1)CCN2. The summed E-state index contributed by atoms with van der Waals surface area (Å²) in [4.78, 5) is 9.07. The minimum atomic E-state index is 0.447. The van der Waals surface area contributed by atoms with Crippen LogP contribution in [0, 0.1) is 36.5 Å². The van der Waals surface area contributed by atoms with Crippen molar-refractivity contribution in [3.8, 4) is 23.8 Å². The number of nitrogens with zero attached hydrogens (tertiary/aromatic N) is 4. The molecular formula is C22H22N6O. The zero-order valence-electron chi connectivity index (χ0n) is 16.5. The van der Waals surface area contributed by atoms with Crippen molar-refractivity contribution in [1.82, 2.24) is 9.97 Å². The van der Waals surface area contributed by atoms with Crippen molar-refractivity contribution < 1.29 is 4.74 Å². The van der Waals surface area contributed by atoms with Crippen molar-refractivity contribution >= 4 is 17.8 Å². The molecule has 1 aromatic heterocycles. The Labute approximate surface area is 170 Å². The molecule has 2 heterocycles. The van der Waals surface area contributed by atoms with Crippen LogP contribution >= 0.6 is 0 Å². The number of nitrogens with one attached hydrogen (secondary N) is 2. The Morgan fingerprint density at radius 3 is 2.76 bits per heavy atom. The number of hydrogen-bond donors (Lipinski definition) is 2. The molecule has 0 bridgehead atoms. The first-order valence-electron chi connectivity index (χ1n) is 9.33. The number of rotatable bonds is 7. The average molecular weight is 386 g/mol. The first kappa shape index (κ1) is 19.9. The zero-order valence-corrected chi connectivity index (χ0v) is 16.5. The summed E-state index contributed by atoms with van der Waals surface area (Å²) >= 11 is 0. The molecule has 1 aliphatic heterocycles. The number of aromatic nitrogens is 2. The van der Waals surface area contributed by atoms with E-state index in [2.05, 4.69) is 27.2 Å². The third-order valence-electron chi connectivity index (χ3n) is 4.54. The van der Waals surface area contributed by atoms with Crippen LogP contribution in [0.2, 0.25) is 0 Å². The highest BCUT2D eigenvalue weighted by Crippen LogP contribution is 2.35. The first-order chi connectivity index (χ1) is 14.0. The van der Waals surface area contributed by atoms with Gasteiger partial charge >= 0.3 is 0 Å². The molecule has 1 aromatic carbocycles. The van der Waals surface area contributed by atoms with Gasteiger partial charge in [0.2, 0.25) is 11.8 Å².